The van der Waals surface area contributed by atoms with E-state index in [1.165, 1.54) is 0 Å². The first kappa shape index (κ1) is 14.2. The maximum atomic E-state index is 11.7. The highest BCUT2D eigenvalue weighted by molar-refractivity contribution is 9.10. The van der Waals surface area contributed by atoms with Crippen LogP contribution in [0.25, 0.3) is 0 Å². The first-order chi connectivity index (χ1) is 8.02. The second-order valence-corrected chi connectivity index (χ2v) is 4.97. The lowest BCUT2D eigenvalue weighted by Crippen LogP contribution is -2.15. The van der Waals surface area contributed by atoms with E-state index in [-0.39, 0.29) is 12.0 Å². The van der Waals surface area contributed by atoms with Gasteiger partial charge in [-0.2, -0.15) is 0 Å². The van der Waals surface area contributed by atoms with Crippen LogP contribution < -0.4 is 5.32 Å². The molecule has 1 unspecified atom stereocenters. The van der Waals surface area contributed by atoms with Crippen LogP contribution in [-0.2, 0) is 9.53 Å². The van der Waals surface area contributed by atoms with Gasteiger partial charge in [0, 0.05) is 18.0 Å². The smallest absolute Gasteiger partial charge is 0.224 e. The molecule has 3 nitrogen and oxygen atoms in total. The molecule has 1 aromatic rings. The summed E-state index contributed by atoms with van der Waals surface area (Å²) in [7, 11) is 1.65. The number of hydrogen-bond acceptors (Lipinski definition) is 2. The highest BCUT2D eigenvalue weighted by atomic mass is 79.9. The van der Waals surface area contributed by atoms with Crippen molar-refractivity contribution in [1.82, 2.24) is 0 Å². The van der Waals surface area contributed by atoms with E-state index < -0.39 is 0 Å². The lowest BCUT2D eigenvalue weighted by molar-refractivity contribution is -0.116. The predicted molar refractivity (Wildman–Crippen MR) is 73.2 cm³/mol. The number of amides is 1. The SMILES string of the molecule is COC(C)CCC(=O)Nc1cc(C)ccc1Br. The van der Waals surface area contributed by atoms with Crippen molar-refractivity contribution >= 4 is 27.5 Å². The van der Waals surface area contributed by atoms with Crippen LogP contribution in [0.4, 0.5) is 5.69 Å². The van der Waals surface area contributed by atoms with Gasteiger partial charge in [-0.3, -0.25) is 4.79 Å². The lowest BCUT2D eigenvalue weighted by Gasteiger charge is -2.10. The van der Waals surface area contributed by atoms with E-state index in [2.05, 4.69) is 21.2 Å². The number of benzene rings is 1. The average Bonchev–Trinajstić information content (AvgIpc) is 2.30. The molecule has 0 radical (unpaired) electrons. The molecule has 1 aromatic carbocycles. The maximum absolute atomic E-state index is 11.7. The summed E-state index contributed by atoms with van der Waals surface area (Å²) in [5.74, 6) is 0.0141. The first-order valence-corrected chi connectivity index (χ1v) is 6.41. The van der Waals surface area contributed by atoms with E-state index in [0.717, 1.165) is 22.1 Å². The third-order valence-corrected chi connectivity index (χ3v) is 3.27. The Balaban J connectivity index is 2.53. The molecule has 17 heavy (non-hydrogen) atoms. The number of ether oxygens (including phenoxy) is 1. The largest absolute Gasteiger partial charge is 0.382 e. The summed E-state index contributed by atoms with van der Waals surface area (Å²) in [6.45, 7) is 3.95. The minimum absolute atomic E-state index is 0.0141. The molecule has 0 saturated carbocycles. The van der Waals surface area contributed by atoms with Gasteiger partial charge in [-0.25, -0.2) is 0 Å². The summed E-state index contributed by atoms with van der Waals surface area (Å²) >= 11 is 3.41. The monoisotopic (exact) mass is 299 g/mol. The molecule has 0 aliphatic heterocycles. The summed E-state index contributed by atoms with van der Waals surface area (Å²) in [5.41, 5.74) is 1.94. The van der Waals surface area contributed by atoms with E-state index in [0.29, 0.717) is 6.42 Å². The van der Waals surface area contributed by atoms with Gasteiger partial charge in [-0.15, -0.1) is 0 Å². The van der Waals surface area contributed by atoms with Gasteiger partial charge in [-0.05, 0) is 53.9 Å². The molecule has 4 heteroatoms. The molecule has 0 fully saturated rings. The highest BCUT2D eigenvalue weighted by Crippen LogP contribution is 2.23. The number of hydrogen-bond donors (Lipinski definition) is 1. The minimum atomic E-state index is 0.0141. The molecule has 1 amide bonds. The van der Waals surface area contributed by atoms with Crippen LogP contribution in [0.2, 0.25) is 0 Å². The molecule has 0 heterocycles. The van der Waals surface area contributed by atoms with Crippen LogP contribution in [0.1, 0.15) is 25.3 Å². The summed E-state index contributed by atoms with van der Waals surface area (Å²) < 4.78 is 6.00. The number of halogens is 1. The summed E-state index contributed by atoms with van der Waals surface area (Å²) in [6.07, 6.45) is 1.31. The molecular formula is C13H18BrNO2. The molecule has 0 bridgehead atoms. The number of carbonyl (C=O) groups excluding carboxylic acids is 1. The van der Waals surface area contributed by atoms with E-state index in [1.54, 1.807) is 7.11 Å². The number of aryl methyl sites for hydroxylation is 1. The van der Waals surface area contributed by atoms with Crippen molar-refractivity contribution in [2.24, 2.45) is 0 Å². The highest BCUT2D eigenvalue weighted by Gasteiger charge is 2.08. The zero-order chi connectivity index (χ0) is 12.8. The first-order valence-electron chi connectivity index (χ1n) is 5.61. The minimum Gasteiger partial charge on any atom is -0.382 e. The Kier molecular flexibility index (Phi) is 5.65. The lowest BCUT2D eigenvalue weighted by atomic mass is 10.2. The zero-order valence-corrected chi connectivity index (χ0v) is 12.0. The Morgan fingerprint density at radius 1 is 1.53 bits per heavy atom. The van der Waals surface area contributed by atoms with Gasteiger partial charge >= 0.3 is 0 Å². The van der Waals surface area contributed by atoms with Crippen molar-refractivity contribution < 1.29 is 9.53 Å². The fraction of sp³-hybridized carbons (Fsp3) is 0.462. The van der Waals surface area contributed by atoms with E-state index >= 15 is 0 Å². The summed E-state index contributed by atoms with van der Waals surface area (Å²) in [5, 5.41) is 2.89. The van der Waals surface area contributed by atoms with Gasteiger partial charge in [0.1, 0.15) is 0 Å². The van der Waals surface area contributed by atoms with Crippen LogP contribution in [0, 0.1) is 6.92 Å². The quantitative estimate of drug-likeness (QED) is 0.903. The third kappa shape index (κ3) is 4.88. The fourth-order valence-corrected chi connectivity index (χ4v) is 1.75. The number of methoxy groups -OCH3 is 1. The van der Waals surface area contributed by atoms with Crippen LogP contribution >= 0.6 is 15.9 Å². The molecule has 1 atom stereocenters. The second-order valence-electron chi connectivity index (χ2n) is 4.12. The van der Waals surface area contributed by atoms with E-state index in [9.17, 15) is 4.79 Å². The molecule has 0 spiro atoms. The van der Waals surface area contributed by atoms with Crippen molar-refractivity contribution in [3.63, 3.8) is 0 Å². The molecule has 0 aliphatic rings. The third-order valence-electron chi connectivity index (χ3n) is 2.58. The molecule has 0 aromatic heterocycles. The Morgan fingerprint density at radius 2 is 2.24 bits per heavy atom. The van der Waals surface area contributed by atoms with Gasteiger partial charge < -0.3 is 10.1 Å². The van der Waals surface area contributed by atoms with Crippen LogP contribution in [0.15, 0.2) is 22.7 Å². The molecule has 0 aliphatic carbocycles. The number of rotatable bonds is 5. The van der Waals surface area contributed by atoms with Gasteiger partial charge in [0.05, 0.1) is 11.8 Å². The van der Waals surface area contributed by atoms with Crippen LogP contribution in [0.3, 0.4) is 0 Å². The standard InChI is InChI=1S/C13H18BrNO2/c1-9-4-6-11(14)12(8-9)15-13(16)7-5-10(2)17-3/h4,6,8,10H,5,7H2,1-3H3,(H,15,16). The molecule has 94 valence electrons. The average molecular weight is 300 g/mol. The fourth-order valence-electron chi connectivity index (χ4n) is 1.40. The van der Waals surface area contributed by atoms with Gasteiger partial charge in [0.2, 0.25) is 5.91 Å². The second kappa shape index (κ2) is 6.77. The normalized spacial score (nSPS) is 12.2. The number of carbonyl (C=O) groups is 1. The van der Waals surface area contributed by atoms with Crippen molar-refractivity contribution in [3.8, 4) is 0 Å². The van der Waals surface area contributed by atoms with Gasteiger partial charge in [0.15, 0.2) is 0 Å². The summed E-state index contributed by atoms with van der Waals surface area (Å²) in [4.78, 5) is 11.7. The van der Waals surface area contributed by atoms with Crippen LogP contribution in [-0.4, -0.2) is 19.1 Å². The van der Waals surface area contributed by atoms with Crippen LogP contribution in [0.5, 0.6) is 0 Å². The van der Waals surface area contributed by atoms with Gasteiger partial charge in [0.25, 0.3) is 0 Å². The predicted octanol–water partition coefficient (Wildman–Crippen LogP) is 3.51. The van der Waals surface area contributed by atoms with E-state index in [4.69, 9.17) is 4.74 Å². The summed E-state index contributed by atoms with van der Waals surface area (Å²) in [6, 6.07) is 5.87. The molecule has 1 N–H and O–H groups in total. The van der Waals surface area contributed by atoms with Crippen molar-refractivity contribution in [3.05, 3.63) is 28.2 Å². The Bertz CT molecular complexity index is 393. The molecule has 0 saturated heterocycles. The zero-order valence-electron chi connectivity index (χ0n) is 10.4. The number of nitrogens with one attached hydrogen (secondary N) is 1. The van der Waals surface area contributed by atoms with Crippen molar-refractivity contribution in [2.75, 3.05) is 12.4 Å². The Morgan fingerprint density at radius 3 is 2.88 bits per heavy atom. The topological polar surface area (TPSA) is 38.3 Å². The van der Waals surface area contributed by atoms with Crippen molar-refractivity contribution in [2.45, 2.75) is 32.8 Å². The van der Waals surface area contributed by atoms with Gasteiger partial charge in [-0.1, -0.05) is 6.07 Å². The van der Waals surface area contributed by atoms with E-state index in [1.807, 2.05) is 32.0 Å². The molecule has 1 rings (SSSR count). The Labute approximate surface area is 111 Å². The van der Waals surface area contributed by atoms with Crippen molar-refractivity contribution in [1.29, 1.82) is 0 Å². The molecular weight excluding hydrogens is 282 g/mol. The Hall–Kier alpha value is -0.870. The number of anilines is 1. The maximum Gasteiger partial charge on any atom is 0.224 e.